The number of nitrogens with zero attached hydrogens (tertiary/aromatic N) is 2. The van der Waals surface area contributed by atoms with Gasteiger partial charge in [0.2, 0.25) is 5.91 Å². The minimum atomic E-state index is -4.78. The third kappa shape index (κ3) is 4.10. The van der Waals surface area contributed by atoms with E-state index in [2.05, 4.69) is 10.6 Å². The summed E-state index contributed by atoms with van der Waals surface area (Å²) in [4.78, 5) is 37.0. The van der Waals surface area contributed by atoms with Crippen LogP contribution in [0.5, 0.6) is 0 Å². The lowest BCUT2D eigenvalue weighted by Gasteiger charge is -2.15. The van der Waals surface area contributed by atoms with Crippen LogP contribution in [0.25, 0.3) is 0 Å². The van der Waals surface area contributed by atoms with Crippen LogP contribution in [-0.4, -0.2) is 29.6 Å². The Labute approximate surface area is 151 Å². The second kappa shape index (κ2) is 7.14. The normalized spacial score (nSPS) is 14.2. The number of carbonyl (C=O) groups excluding carboxylic acids is 2. The molecule has 0 atom stereocenters. The van der Waals surface area contributed by atoms with Gasteiger partial charge in [-0.05, 0) is 36.4 Å². The Hall–Kier alpha value is -3.30. The Kier molecular flexibility index (Phi) is 4.89. The molecular weight excluding hydrogens is 365 g/mol. The number of benzene rings is 1. The molecule has 2 N–H and O–H groups in total. The summed E-state index contributed by atoms with van der Waals surface area (Å²) in [5.74, 6) is -0.650. The average Bonchev–Trinajstić information content (AvgIpc) is 3.02. The van der Waals surface area contributed by atoms with Gasteiger partial charge in [-0.2, -0.15) is 13.2 Å². The molecule has 1 fully saturated rings. The SMILES string of the molecule is O=C(Cn1cccc(C(F)(F)F)c1=O)Nc1ccc(N2CCNC2=O)cc1. The van der Waals surface area contributed by atoms with E-state index in [4.69, 9.17) is 0 Å². The molecule has 1 aliphatic rings. The van der Waals surface area contributed by atoms with Crippen molar-refractivity contribution in [2.45, 2.75) is 12.7 Å². The van der Waals surface area contributed by atoms with Crippen molar-refractivity contribution in [2.24, 2.45) is 0 Å². The van der Waals surface area contributed by atoms with Crippen molar-refractivity contribution in [2.75, 3.05) is 23.3 Å². The van der Waals surface area contributed by atoms with Crippen LogP contribution < -0.4 is 21.1 Å². The lowest BCUT2D eigenvalue weighted by molar-refractivity contribution is -0.139. The van der Waals surface area contributed by atoms with Gasteiger partial charge in [-0.15, -0.1) is 0 Å². The fourth-order valence-electron chi connectivity index (χ4n) is 2.68. The molecule has 0 radical (unpaired) electrons. The molecule has 142 valence electrons. The molecule has 2 aromatic rings. The smallest absolute Gasteiger partial charge is 0.336 e. The number of anilines is 2. The zero-order valence-corrected chi connectivity index (χ0v) is 13.9. The molecule has 0 bridgehead atoms. The maximum Gasteiger partial charge on any atom is 0.421 e. The topological polar surface area (TPSA) is 83.4 Å². The summed E-state index contributed by atoms with van der Waals surface area (Å²) < 4.78 is 39.0. The van der Waals surface area contributed by atoms with E-state index >= 15 is 0 Å². The summed E-state index contributed by atoms with van der Waals surface area (Å²) in [5, 5.41) is 5.17. The molecule has 0 aliphatic carbocycles. The predicted octanol–water partition coefficient (Wildman–Crippen LogP) is 2.04. The molecule has 1 aromatic carbocycles. The van der Waals surface area contributed by atoms with E-state index < -0.39 is 29.8 Å². The van der Waals surface area contributed by atoms with Gasteiger partial charge in [-0.3, -0.25) is 14.5 Å². The van der Waals surface area contributed by atoms with E-state index in [-0.39, 0.29) is 6.03 Å². The van der Waals surface area contributed by atoms with E-state index in [1.807, 2.05) is 0 Å². The predicted molar refractivity (Wildman–Crippen MR) is 91.5 cm³/mol. The van der Waals surface area contributed by atoms with Crippen molar-refractivity contribution < 1.29 is 22.8 Å². The lowest BCUT2D eigenvalue weighted by atomic mass is 10.2. The van der Waals surface area contributed by atoms with Gasteiger partial charge in [-0.1, -0.05) is 0 Å². The summed E-state index contributed by atoms with van der Waals surface area (Å²) in [6.07, 6.45) is -3.67. The Morgan fingerprint density at radius 3 is 2.44 bits per heavy atom. The molecule has 1 aliphatic heterocycles. The minimum Gasteiger partial charge on any atom is -0.336 e. The summed E-state index contributed by atoms with van der Waals surface area (Å²) in [6.45, 7) is 0.519. The summed E-state index contributed by atoms with van der Waals surface area (Å²) in [5.41, 5.74) is -1.57. The molecule has 7 nitrogen and oxygen atoms in total. The van der Waals surface area contributed by atoms with Gasteiger partial charge >= 0.3 is 12.2 Å². The first-order chi connectivity index (χ1) is 12.8. The molecule has 2 heterocycles. The molecule has 0 unspecified atom stereocenters. The number of urea groups is 1. The van der Waals surface area contributed by atoms with Crippen LogP contribution in [0, 0.1) is 0 Å². The molecule has 1 aromatic heterocycles. The number of nitrogens with one attached hydrogen (secondary N) is 2. The van der Waals surface area contributed by atoms with Crippen molar-refractivity contribution in [3.05, 3.63) is 58.5 Å². The van der Waals surface area contributed by atoms with E-state index in [0.717, 1.165) is 12.3 Å². The summed E-state index contributed by atoms with van der Waals surface area (Å²) in [7, 11) is 0. The first-order valence-corrected chi connectivity index (χ1v) is 7.97. The van der Waals surface area contributed by atoms with Crippen molar-refractivity contribution in [1.29, 1.82) is 0 Å². The lowest BCUT2D eigenvalue weighted by Crippen LogP contribution is -2.32. The number of aromatic nitrogens is 1. The van der Waals surface area contributed by atoms with Crippen LogP contribution in [0.4, 0.5) is 29.3 Å². The fourth-order valence-corrected chi connectivity index (χ4v) is 2.68. The van der Waals surface area contributed by atoms with Gasteiger partial charge in [0, 0.05) is 30.7 Å². The van der Waals surface area contributed by atoms with E-state index in [9.17, 15) is 27.6 Å². The summed E-state index contributed by atoms with van der Waals surface area (Å²) >= 11 is 0. The number of hydrogen-bond donors (Lipinski definition) is 2. The average molecular weight is 380 g/mol. The van der Waals surface area contributed by atoms with Gasteiger partial charge < -0.3 is 15.2 Å². The highest BCUT2D eigenvalue weighted by Crippen LogP contribution is 2.26. The standard InChI is InChI=1S/C17H15F3N4O3/c18-17(19,20)13-2-1-8-23(15(13)26)10-14(25)22-11-3-5-12(6-4-11)24-9-7-21-16(24)27/h1-6,8H,7,9-10H2,(H,21,27)(H,22,25). The number of rotatable bonds is 4. The fraction of sp³-hybridized carbons (Fsp3) is 0.235. The monoisotopic (exact) mass is 380 g/mol. The maximum atomic E-state index is 12.8. The Balaban J connectivity index is 1.68. The number of carbonyl (C=O) groups is 2. The van der Waals surface area contributed by atoms with Gasteiger partial charge in [0.05, 0.1) is 0 Å². The van der Waals surface area contributed by atoms with Gasteiger partial charge in [0.15, 0.2) is 0 Å². The highest BCUT2D eigenvalue weighted by Gasteiger charge is 2.34. The Morgan fingerprint density at radius 2 is 1.85 bits per heavy atom. The minimum absolute atomic E-state index is 0.212. The first-order valence-electron chi connectivity index (χ1n) is 7.97. The van der Waals surface area contributed by atoms with Gasteiger partial charge in [0.25, 0.3) is 5.56 Å². The largest absolute Gasteiger partial charge is 0.421 e. The van der Waals surface area contributed by atoms with E-state index in [1.165, 1.54) is 4.90 Å². The number of amides is 3. The zero-order chi connectivity index (χ0) is 19.6. The third-order valence-electron chi connectivity index (χ3n) is 3.96. The van der Waals surface area contributed by atoms with Crippen molar-refractivity contribution in [3.63, 3.8) is 0 Å². The molecule has 3 amide bonds. The van der Waals surface area contributed by atoms with Crippen LogP contribution in [0.1, 0.15) is 5.56 Å². The second-order valence-corrected chi connectivity index (χ2v) is 5.83. The van der Waals surface area contributed by atoms with Crippen LogP contribution >= 0.6 is 0 Å². The number of pyridine rings is 1. The van der Waals surface area contributed by atoms with Gasteiger partial charge in [0.1, 0.15) is 12.1 Å². The van der Waals surface area contributed by atoms with Crippen molar-refractivity contribution in [1.82, 2.24) is 9.88 Å². The van der Waals surface area contributed by atoms with Crippen LogP contribution in [0.3, 0.4) is 0 Å². The molecular formula is C17H15F3N4O3. The molecule has 27 heavy (non-hydrogen) atoms. The molecule has 0 spiro atoms. The number of halogens is 3. The van der Waals surface area contributed by atoms with Crippen molar-refractivity contribution in [3.8, 4) is 0 Å². The maximum absolute atomic E-state index is 12.8. The number of alkyl halides is 3. The summed E-state index contributed by atoms with van der Waals surface area (Å²) in [6, 6.07) is 7.92. The second-order valence-electron chi connectivity index (χ2n) is 5.83. The first kappa shape index (κ1) is 18.5. The quantitative estimate of drug-likeness (QED) is 0.852. The van der Waals surface area contributed by atoms with Crippen LogP contribution in [0.15, 0.2) is 47.4 Å². The van der Waals surface area contributed by atoms with Crippen LogP contribution in [0.2, 0.25) is 0 Å². The highest BCUT2D eigenvalue weighted by molar-refractivity contribution is 5.95. The highest BCUT2D eigenvalue weighted by atomic mass is 19.4. The number of hydrogen-bond acceptors (Lipinski definition) is 3. The van der Waals surface area contributed by atoms with Crippen molar-refractivity contribution >= 4 is 23.3 Å². The van der Waals surface area contributed by atoms with E-state index in [0.29, 0.717) is 35.1 Å². The Bertz CT molecular complexity index is 922. The van der Waals surface area contributed by atoms with Gasteiger partial charge in [-0.25, -0.2) is 4.79 Å². The Morgan fingerprint density at radius 1 is 1.15 bits per heavy atom. The van der Waals surface area contributed by atoms with E-state index in [1.54, 1.807) is 24.3 Å². The van der Waals surface area contributed by atoms with Crippen LogP contribution in [-0.2, 0) is 17.5 Å². The molecule has 10 heteroatoms. The molecule has 3 rings (SSSR count). The molecule has 0 saturated carbocycles. The molecule has 1 saturated heterocycles. The zero-order valence-electron chi connectivity index (χ0n) is 13.9. The third-order valence-corrected chi connectivity index (χ3v) is 3.96.